The molecule has 3 rings (SSSR count). The van der Waals surface area contributed by atoms with Gasteiger partial charge in [0.2, 0.25) is 5.91 Å². The van der Waals surface area contributed by atoms with E-state index in [0.717, 1.165) is 31.1 Å². The van der Waals surface area contributed by atoms with Gasteiger partial charge in [0.05, 0.1) is 5.92 Å². The molecule has 1 amide bonds. The summed E-state index contributed by atoms with van der Waals surface area (Å²) >= 11 is 0. The Hall–Kier alpha value is -0.280. The molecule has 3 fully saturated rings. The summed E-state index contributed by atoms with van der Waals surface area (Å²) in [7, 11) is 0. The van der Waals surface area contributed by atoms with Crippen LogP contribution in [-0.2, 0) is 4.79 Å². The van der Waals surface area contributed by atoms with Gasteiger partial charge in [0.25, 0.3) is 0 Å². The minimum atomic E-state index is -0.292. The third-order valence-corrected chi connectivity index (χ3v) is 5.64. The lowest BCUT2D eigenvalue weighted by atomic mass is 9.74. The highest BCUT2D eigenvalue weighted by Crippen LogP contribution is 2.44. The van der Waals surface area contributed by atoms with E-state index < -0.39 is 0 Å². The molecular weight excluding hydrogens is 260 g/mol. The van der Waals surface area contributed by atoms with E-state index in [-0.39, 0.29) is 29.8 Å². The Morgan fingerprint density at radius 3 is 2.58 bits per heavy atom. The van der Waals surface area contributed by atoms with E-state index >= 15 is 0 Å². The zero-order valence-electron chi connectivity index (χ0n) is 11.9. The molecule has 110 valence electrons. The van der Waals surface area contributed by atoms with Gasteiger partial charge >= 0.3 is 0 Å². The van der Waals surface area contributed by atoms with Crippen molar-refractivity contribution in [3.63, 3.8) is 0 Å². The Labute approximate surface area is 122 Å². The van der Waals surface area contributed by atoms with Crippen molar-refractivity contribution >= 4 is 18.3 Å². The quantitative estimate of drug-likeness (QED) is 0.820. The number of rotatable bonds is 2. The number of carbonyl (C=O) groups is 1. The molecule has 5 unspecified atom stereocenters. The van der Waals surface area contributed by atoms with Crippen molar-refractivity contribution in [1.29, 1.82) is 0 Å². The van der Waals surface area contributed by atoms with E-state index in [1.165, 1.54) is 32.1 Å². The van der Waals surface area contributed by atoms with Crippen LogP contribution >= 0.6 is 12.4 Å². The first-order chi connectivity index (χ1) is 8.56. The molecule has 3 N–H and O–H groups in total. The highest BCUT2D eigenvalue weighted by molar-refractivity contribution is 5.85. The number of nitrogens with two attached hydrogens (primary N) is 1. The third-order valence-electron chi connectivity index (χ3n) is 5.64. The summed E-state index contributed by atoms with van der Waals surface area (Å²) in [5.41, 5.74) is 6.02. The first-order valence-electron chi connectivity index (χ1n) is 7.65. The molecule has 0 aliphatic heterocycles. The molecule has 0 aromatic rings. The summed E-state index contributed by atoms with van der Waals surface area (Å²) in [6.07, 6.45) is 9.54. The molecule has 0 aromatic heterocycles. The van der Waals surface area contributed by atoms with Crippen LogP contribution in [0.25, 0.3) is 0 Å². The summed E-state index contributed by atoms with van der Waals surface area (Å²) in [5.74, 6) is 1.91. The number of nitrogens with one attached hydrogen (secondary N) is 1. The van der Waals surface area contributed by atoms with Gasteiger partial charge in [0.15, 0.2) is 0 Å². The van der Waals surface area contributed by atoms with Gasteiger partial charge in [-0.05, 0) is 50.9 Å². The van der Waals surface area contributed by atoms with Crippen LogP contribution < -0.4 is 11.1 Å². The van der Waals surface area contributed by atoms with Crippen molar-refractivity contribution in [3.05, 3.63) is 0 Å². The Morgan fingerprint density at radius 1 is 1.21 bits per heavy atom. The van der Waals surface area contributed by atoms with Crippen LogP contribution in [0.1, 0.15) is 58.3 Å². The molecule has 5 atom stereocenters. The van der Waals surface area contributed by atoms with Crippen LogP contribution in [-0.4, -0.2) is 17.5 Å². The predicted octanol–water partition coefficient (Wildman–Crippen LogP) is 2.62. The third kappa shape index (κ3) is 2.92. The topological polar surface area (TPSA) is 55.1 Å². The van der Waals surface area contributed by atoms with Gasteiger partial charge in [0, 0.05) is 11.6 Å². The number of halogens is 1. The first kappa shape index (κ1) is 15.1. The summed E-state index contributed by atoms with van der Waals surface area (Å²) in [6, 6.07) is 0.453. The van der Waals surface area contributed by atoms with Crippen molar-refractivity contribution in [2.45, 2.75) is 69.9 Å². The monoisotopic (exact) mass is 286 g/mol. The van der Waals surface area contributed by atoms with E-state index in [9.17, 15) is 4.79 Å². The SMILES string of the molecule is CC1(N)CCCCC1C(=O)NC1CC2CCC1C2.Cl. The van der Waals surface area contributed by atoms with Crippen LogP contribution in [0.4, 0.5) is 0 Å². The molecule has 2 bridgehead atoms. The minimum Gasteiger partial charge on any atom is -0.353 e. The second-order valence-corrected chi connectivity index (χ2v) is 7.09. The molecule has 0 heterocycles. The fourth-order valence-electron chi connectivity index (χ4n) is 4.49. The van der Waals surface area contributed by atoms with E-state index in [1.807, 2.05) is 0 Å². The molecular formula is C15H27ClN2O. The number of hydrogen-bond donors (Lipinski definition) is 2. The largest absolute Gasteiger partial charge is 0.353 e. The lowest BCUT2D eigenvalue weighted by molar-refractivity contribution is -0.129. The number of fused-ring (bicyclic) bond motifs is 2. The van der Waals surface area contributed by atoms with Crippen molar-refractivity contribution < 1.29 is 4.79 Å². The zero-order chi connectivity index (χ0) is 12.8. The maximum atomic E-state index is 12.5. The van der Waals surface area contributed by atoms with Gasteiger partial charge < -0.3 is 11.1 Å². The van der Waals surface area contributed by atoms with Crippen LogP contribution in [0.2, 0.25) is 0 Å². The van der Waals surface area contributed by atoms with Gasteiger partial charge in [-0.1, -0.05) is 19.3 Å². The Balaban J connectivity index is 0.00000133. The fourth-order valence-corrected chi connectivity index (χ4v) is 4.49. The van der Waals surface area contributed by atoms with E-state index in [4.69, 9.17) is 5.73 Å². The van der Waals surface area contributed by atoms with E-state index in [2.05, 4.69) is 12.2 Å². The molecule has 3 saturated carbocycles. The maximum absolute atomic E-state index is 12.5. The highest BCUT2D eigenvalue weighted by atomic mass is 35.5. The average Bonchev–Trinajstić information content (AvgIpc) is 2.90. The molecule has 4 heteroatoms. The molecule has 3 nitrogen and oxygen atoms in total. The van der Waals surface area contributed by atoms with E-state index in [1.54, 1.807) is 0 Å². The molecule has 0 spiro atoms. The number of hydrogen-bond acceptors (Lipinski definition) is 2. The summed E-state index contributed by atoms with van der Waals surface area (Å²) in [5, 5.41) is 3.32. The fraction of sp³-hybridized carbons (Fsp3) is 0.933. The smallest absolute Gasteiger partial charge is 0.225 e. The summed E-state index contributed by atoms with van der Waals surface area (Å²) in [4.78, 5) is 12.5. The van der Waals surface area contributed by atoms with Gasteiger partial charge in [-0.2, -0.15) is 0 Å². The molecule has 3 aliphatic rings. The molecule has 0 aromatic carbocycles. The van der Waals surface area contributed by atoms with Crippen molar-refractivity contribution in [2.75, 3.05) is 0 Å². The lowest BCUT2D eigenvalue weighted by Gasteiger charge is -2.38. The second-order valence-electron chi connectivity index (χ2n) is 7.09. The first-order valence-corrected chi connectivity index (χ1v) is 7.65. The maximum Gasteiger partial charge on any atom is 0.225 e. The Kier molecular flexibility index (Phi) is 4.46. The Morgan fingerprint density at radius 2 is 2.00 bits per heavy atom. The van der Waals surface area contributed by atoms with Gasteiger partial charge in [-0.25, -0.2) is 0 Å². The highest BCUT2D eigenvalue weighted by Gasteiger charge is 2.43. The summed E-state index contributed by atoms with van der Waals surface area (Å²) in [6.45, 7) is 2.05. The van der Waals surface area contributed by atoms with E-state index in [0.29, 0.717) is 6.04 Å². The zero-order valence-corrected chi connectivity index (χ0v) is 12.7. The standard InChI is InChI=1S/C15H26N2O.ClH/c1-15(16)7-3-2-4-12(15)14(18)17-13-9-10-5-6-11(13)8-10;/h10-13H,2-9,16H2,1H3,(H,17,18);1H. The van der Waals surface area contributed by atoms with Gasteiger partial charge in [-0.15, -0.1) is 12.4 Å². The molecule has 0 radical (unpaired) electrons. The predicted molar refractivity (Wildman–Crippen MR) is 79.2 cm³/mol. The van der Waals surface area contributed by atoms with Gasteiger partial charge in [0.1, 0.15) is 0 Å². The second kappa shape index (κ2) is 5.61. The van der Waals surface area contributed by atoms with Crippen LogP contribution in [0.5, 0.6) is 0 Å². The van der Waals surface area contributed by atoms with Gasteiger partial charge in [-0.3, -0.25) is 4.79 Å². The summed E-state index contributed by atoms with van der Waals surface area (Å²) < 4.78 is 0. The van der Waals surface area contributed by atoms with Crippen LogP contribution in [0.3, 0.4) is 0 Å². The lowest BCUT2D eigenvalue weighted by Crippen LogP contribution is -2.54. The van der Waals surface area contributed by atoms with Crippen molar-refractivity contribution in [3.8, 4) is 0 Å². The molecule has 19 heavy (non-hydrogen) atoms. The minimum absolute atomic E-state index is 0. The molecule has 0 saturated heterocycles. The van der Waals surface area contributed by atoms with Crippen molar-refractivity contribution in [2.24, 2.45) is 23.5 Å². The molecule has 3 aliphatic carbocycles. The van der Waals surface area contributed by atoms with Crippen LogP contribution in [0, 0.1) is 17.8 Å². The number of carbonyl (C=O) groups excluding carboxylic acids is 1. The van der Waals surface area contributed by atoms with Crippen molar-refractivity contribution in [1.82, 2.24) is 5.32 Å². The van der Waals surface area contributed by atoms with Crippen LogP contribution in [0.15, 0.2) is 0 Å². The normalized spacial score (nSPS) is 44.7. The number of amides is 1. The Bertz CT molecular complexity index is 345. The average molecular weight is 287 g/mol.